The van der Waals surface area contributed by atoms with Crippen molar-refractivity contribution < 1.29 is 19.2 Å². The molecule has 0 radical (unpaired) electrons. The van der Waals surface area contributed by atoms with Crippen LogP contribution in [0.5, 0.6) is 0 Å². The third kappa shape index (κ3) is 2.82. The van der Waals surface area contributed by atoms with E-state index in [4.69, 9.17) is 9.57 Å². The lowest BCUT2D eigenvalue weighted by Gasteiger charge is -2.25. The summed E-state index contributed by atoms with van der Waals surface area (Å²) in [7, 11) is 0. The first kappa shape index (κ1) is 17.6. The Kier molecular flexibility index (Phi) is 4.00. The van der Waals surface area contributed by atoms with Crippen LogP contribution in [-0.2, 0) is 15.4 Å². The Morgan fingerprint density at radius 3 is 2.41 bits per heavy atom. The van der Waals surface area contributed by atoms with Crippen molar-refractivity contribution >= 4 is 17.4 Å². The topological polar surface area (TPSA) is 55.8 Å². The van der Waals surface area contributed by atoms with Gasteiger partial charge >= 0.3 is 5.97 Å². The van der Waals surface area contributed by atoms with Gasteiger partial charge in [-0.1, -0.05) is 66.2 Å². The van der Waals surface area contributed by atoms with E-state index < -0.39 is 17.8 Å². The summed E-state index contributed by atoms with van der Waals surface area (Å²) in [6.45, 7) is 1.98. The zero-order chi connectivity index (χ0) is 20.0. The standard InChI is InChI=1S/C24H19NO4/c1-16-11-13-17(14-12-16)22(26)21-15-24(29-25(21)18-7-3-2-4-8-18)20-10-6-5-9-19(20)23(27)28-24/h2-14,21H,15H2,1H3/t21-,24+/m0/s1. The van der Waals surface area contributed by atoms with Gasteiger partial charge in [-0.05, 0) is 25.1 Å². The van der Waals surface area contributed by atoms with Crippen molar-refractivity contribution in [2.24, 2.45) is 0 Å². The summed E-state index contributed by atoms with van der Waals surface area (Å²) in [6.07, 6.45) is 0.220. The van der Waals surface area contributed by atoms with E-state index in [1.807, 2.05) is 73.7 Å². The molecule has 2 atom stereocenters. The Morgan fingerprint density at radius 1 is 0.966 bits per heavy atom. The van der Waals surface area contributed by atoms with E-state index in [0.29, 0.717) is 16.7 Å². The summed E-state index contributed by atoms with van der Waals surface area (Å²) in [4.78, 5) is 32.1. The molecule has 3 aromatic carbocycles. The van der Waals surface area contributed by atoms with Crippen LogP contribution in [0.2, 0.25) is 0 Å². The molecule has 1 spiro atoms. The van der Waals surface area contributed by atoms with Gasteiger partial charge in [0.25, 0.3) is 5.79 Å². The molecule has 2 heterocycles. The first-order valence-corrected chi connectivity index (χ1v) is 9.54. The lowest BCUT2D eigenvalue weighted by atomic mass is 9.93. The Balaban J connectivity index is 1.58. The van der Waals surface area contributed by atoms with E-state index in [1.54, 1.807) is 17.2 Å². The summed E-state index contributed by atoms with van der Waals surface area (Å²) in [5, 5.41) is 1.58. The molecule has 3 aromatic rings. The summed E-state index contributed by atoms with van der Waals surface area (Å²) >= 11 is 0. The first-order valence-electron chi connectivity index (χ1n) is 9.54. The number of ketones is 1. The van der Waals surface area contributed by atoms with Crippen molar-refractivity contribution in [1.29, 1.82) is 0 Å². The highest BCUT2D eigenvalue weighted by atomic mass is 16.8. The normalized spacial score (nSPS) is 22.6. The summed E-state index contributed by atoms with van der Waals surface area (Å²) in [5.41, 5.74) is 3.54. The number of anilines is 1. The number of hydrogen-bond donors (Lipinski definition) is 0. The van der Waals surface area contributed by atoms with Crippen LogP contribution in [0.4, 0.5) is 5.69 Å². The van der Waals surface area contributed by atoms with Crippen molar-refractivity contribution in [3.05, 3.63) is 101 Å². The van der Waals surface area contributed by atoms with Gasteiger partial charge in [0.1, 0.15) is 6.04 Å². The van der Waals surface area contributed by atoms with Crippen LogP contribution in [0.25, 0.3) is 0 Å². The van der Waals surface area contributed by atoms with Crippen LogP contribution in [0.15, 0.2) is 78.9 Å². The highest BCUT2D eigenvalue weighted by molar-refractivity contribution is 6.02. The highest BCUT2D eigenvalue weighted by Crippen LogP contribution is 2.48. The summed E-state index contributed by atoms with van der Waals surface area (Å²) in [5.74, 6) is -1.81. The van der Waals surface area contributed by atoms with Crippen LogP contribution >= 0.6 is 0 Å². The fourth-order valence-corrected chi connectivity index (χ4v) is 3.99. The van der Waals surface area contributed by atoms with E-state index >= 15 is 0 Å². The Labute approximate surface area is 168 Å². The molecule has 0 aromatic heterocycles. The quantitative estimate of drug-likeness (QED) is 0.494. The number of fused-ring (bicyclic) bond motifs is 2. The molecular formula is C24H19NO4. The van der Waals surface area contributed by atoms with Crippen LogP contribution in [0.1, 0.15) is 38.3 Å². The number of hydrogen-bond acceptors (Lipinski definition) is 5. The molecule has 0 bridgehead atoms. The molecule has 144 valence electrons. The monoisotopic (exact) mass is 385 g/mol. The van der Waals surface area contributed by atoms with E-state index in [2.05, 4.69) is 0 Å². The highest BCUT2D eigenvalue weighted by Gasteiger charge is 2.57. The number of aryl methyl sites for hydroxylation is 1. The van der Waals surface area contributed by atoms with Crippen LogP contribution in [0, 0.1) is 6.92 Å². The molecule has 0 aliphatic carbocycles. The Hall–Kier alpha value is -3.44. The third-order valence-corrected chi connectivity index (χ3v) is 5.46. The molecule has 2 aliphatic rings. The van der Waals surface area contributed by atoms with Gasteiger partial charge in [-0.3, -0.25) is 4.79 Å². The zero-order valence-electron chi connectivity index (χ0n) is 15.9. The summed E-state index contributed by atoms with van der Waals surface area (Å²) in [6, 6.07) is 23.4. The minimum Gasteiger partial charge on any atom is -0.423 e. The predicted octanol–water partition coefficient (Wildman–Crippen LogP) is 4.41. The SMILES string of the molecule is Cc1ccc(C(=O)[C@@H]2C[C@@]3(OC(=O)c4ccccc43)ON2c2ccccc2)cc1. The van der Waals surface area contributed by atoms with Crippen molar-refractivity contribution in [3.8, 4) is 0 Å². The van der Waals surface area contributed by atoms with Gasteiger partial charge < -0.3 is 4.74 Å². The van der Waals surface area contributed by atoms with Gasteiger partial charge in [0.2, 0.25) is 0 Å². The van der Waals surface area contributed by atoms with Gasteiger partial charge in [-0.25, -0.2) is 14.7 Å². The molecular weight excluding hydrogens is 366 g/mol. The Bertz CT molecular complexity index is 1090. The van der Waals surface area contributed by atoms with E-state index in [-0.39, 0.29) is 12.2 Å². The molecule has 29 heavy (non-hydrogen) atoms. The zero-order valence-corrected chi connectivity index (χ0v) is 15.9. The number of carbonyl (C=O) groups is 2. The number of carbonyl (C=O) groups excluding carboxylic acids is 2. The van der Waals surface area contributed by atoms with Crippen molar-refractivity contribution in [2.45, 2.75) is 25.2 Å². The first-order chi connectivity index (χ1) is 14.1. The second-order valence-electron chi connectivity index (χ2n) is 7.39. The molecule has 5 nitrogen and oxygen atoms in total. The number of para-hydroxylation sites is 1. The summed E-state index contributed by atoms with van der Waals surface area (Å²) < 4.78 is 5.71. The number of ether oxygens (including phenoxy) is 1. The number of rotatable bonds is 3. The molecule has 5 heteroatoms. The third-order valence-electron chi connectivity index (χ3n) is 5.46. The van der Waals surface area contributed by atoms with Crippen LogP contribution < -0.4 is 5.06 Å². The maximum Gasteiger partial charge on any atom is 0.341 e. The number of nitrogens with zero attached hydrogens (tertiary/aromatic N) is 1. The number of hydroxylamine groups is 1. The minimum atomic E-state index is -1.30. The average molecular weight is 385 g/mol. The molecule has 1 fully saturated rings. The second kappa shape index (κ2) is 6.57. The predicted molar refractivity (Wildman–Crippen MR) is 107 cm³/mol. The largest absolute Gasteiger partial charge is 0.423 e. The fourth-order valence-electron chi connectivity index (χ4n) is 3.99. The average Bonchev–Trinajstić information content (AvgIpc) is 3.27. The molecule has 0 amide bonds. The van der Waals surface area contributed by atoms with Crippen molar-refractivity contribution in [1.82, 2.24) is 0 Å². The number of benzene rings is 3. The van der Waals surface area contributed by atoms with Gasteiger partial charge in [0.15, 0.2) is 5.78 Å². The number of esters is 1. The van der Waals surface area contributed by atoms with E-state index in [1.165, 1.54) is 0 Å². The molecule has 2 aliphatic heterocycles. The van der Waals surface area contributed by atoms with Gasteiger partial charge in [0, 0.05) is 11.1 Å². The van der Waals surface area contributed by atoms with Crippen molar-refractivity contribution in [3.63, 3.8) is 0 Å². The van der Waals surface area contributed by atoms with Gasteiger partial charge in [-0.2, -0.15) is 0 Å². The Morgan fingerprint density at radius 2 is 1.66 bits per heavy atom. The molecule has 0 saturated carbocycles. The van der Waals surface area contributed by atoms with Crippen LogP contribution in [-0.4, -0.2) is 17.8 Å². The fraction of sp³-hybridized carbons (Fsp3) is 0.167. The van der Waals surface area contributed by atoms with E-state index in [9.17, 15) is 9.59 Å². The lowest BCUT2D eigenvalue weighted by Crippen LogP contribution is -2.35. The van der Waals surface area contributed by atoms with Crippen LogP contribution in [0.3, 0.4) is 0 Å². The van der Waals surface area contributed by atoms with Gasteiger partial charge in [0.05, 0.1) is 17.7 Å². The number of Topliss-reactive ketones (excluding diaryl/α,β-unsaturated/α-hetero) is 1. The van der Waals surface area contributed by atoms with E-state index in [0.717, 1.165) is 11.3 Å². The maximum absolute atomic E-state index is 13.4. The maximum atomic E-state index is 13.4. The minimum absolute atomic E-state index is 0.0776. The lowest BCUT2D eigenvalue weighted by molar-refractivity contribution is -0.180. The van der Waals surface area contributed by atoms with Gasteiger partial charge in [-0.15, -0.1) is 0 Å². The smallest absolute Gasteiger partial charge is 0.341 e. The molecule has 5 rings (SSSR count). The van der Waals surface area contributed by atoms with Crippen molar-refractivity contribution in [2.75, 3.05) is 5.06 Å². The molecule has 0 N–H and O–H groups in total. The molecule has 0 unspecified atom stereocenters. The molecule has 1 saturated heterocycles. The second-order valence-corrected chi connectivity index (χ2v) is 7.39.